The first-order valence-electron chi connectivity index (χ1n) is 4.49. The smallest absolute Gasteiger partial charge is 0.213 e. The number of aromatic nitrogens is 1. The van der Waals surface area contributed by atoms with E-state index < -0.39 is 0 Å². The molecule has 0 spiro atoms. The summed E-state index contributed by atoms with van der Waals surface area (Å²) in [6.07, 6.45) is 1.62. The van der Waals surface area contributed by atoms with Crippen LogP contribution in [0.1, 0.15) is 20.9 Å². The molecule has 2 nitrogen and oxygen atoms in total. The Morgan fingerprint density at radius 3 is 2.75 bits per heavy atom. The Balaban J connectivity index is 2.46. The van der Waals surface area contributed by atoms with Crippen molar-refractivity contribution in [2.24, 2.45) is 0 Å². The van der Waals surface area contributed by atoms with Crippen molar-refractivity contribution < 1.29 is 4.79 Å². The third kappa shape index (κ3) is 2.26. The standard InChI is InChI=1S/C11H7Br2NOS/c1-6-8(2-3-16-6)11(15)10-9(13)4-7(12)5-14-10/h2-5H,1H3. The van der Waals surface area contributed by atoms with Gasteiger partial charge >= 0.3 is 0 Å². The fourth-order valence-electron chi connectivity index (χ4n) is 1.33. The Morgan fingerprint density at radius 2 is 2.19 bits per heavy atom. The summed E-state index contributed by atoms with van der Waals surface area (Å²) in [7, 11) is 0. The molecule has 5 heteroatoms. The highest BCUT2D eigenvalue weighted by atomic mass is 79.9. The third-order valence-electron chi connectivity index (χ3n) is 2.13. The molecule has 0 amide bonds. The number of pyridine rings is 1. The van der Waals surface area contributed by atoms with Crippen LogP contribution < -0.4 is 0 Å². The summed E-state index contributed by atoms with van der Waals surface area (Å²) < 4.78 is 1.55. The number of hydrogen-bond donors (Lipinski definition) is 0. The van der Waals surface area contributed by atoms with Crippen LogP contribution in [-0.4, -0.2) is 10.8 Å². The van der Waals surface area contributed by atoms with E-state index in [0.29, 0.717) is 10.2 Å². The minimum atomic E-state index is -0.0434. The molecule has 0 N–H and O–H groups in total. The minimum absolute atomic E-state index is 0.0434. The highest BCUT2D eigenvalue weighted by Gasteiger charge is 2.16. The second-order valence-corrected chi connectivity index (χ2v) is 6.09. The lowest BCUT2D eigenvalue weighted by Gasteiger charge is -2.02. The second-order valence-electron chi connectivity index (χ2n) is 3.20. The van der Waals surface area contributed by atoms with Gasteiger partial charge in [-0.3, -0.25) is 9.78 Å². The number of thiophene rings is 1. The van der Waals surface area contributed by atoms with Crippen molar-refractivity contribution in [3.8, 4) is 0 Å². The first-order chi connectivity index (χ1) is 7.59. The Labute approximate surface area is 114 Å². The van der Waals surface area contributed by atoms with Gasteiger partial charge in [0.25, 0.3) is 0 Å². The molecule has 0 saturated carbocycles. The van der Waals surface area contributed by atoms with E-state index in [1.807, 2.05) is 24.4 Å². The molecule has 0 radical (unpaired) electrons. The van der Waals surface area contributed by atoms with Crippen LogP contribution in [-0.2, 0) is 0 Å². The fraction of sp³-hybridized carbons (Fsp3) is 0.0909. The zero-order chi connectivity index (χ0) is 11.7. The maximum absolute atomic E-state index is 12.2. The van der Waals surface area contributed by atoms with Gasteiger partial charge in [-0.15, -0.1) is 11.3 Å². The van der Waals surface area contributed by atoms with Crippen molar-refractivity contribution >= 4 is 49.0 Å². The van der Waals surface area contributed by atoms with Crippen LogP contribution >= 0.6 is 43.2 Å². The number of aryl methyl sites for hydroxylation is 1. The lowest BCUT2D eigenvalue weighted by Crippen LogP contribution is -2.05. The van der Waals surface area contributed by atoms with Crippen LogP contribution in [0.25, 0.3) is 0 Å². The molecule has 2 heterocycles. The van der Waals surface area contributed by atoms with Crippen LogP contribution in [0.3, 0.4) is 0 Å². The van der Waals surface area contributed by atoms with E-state index in [1.54, 1.807) is 17.5 Å². The monoisotopic (exact) mass is 359 g/mol. The predicted molar refractivity (Wildman–Crippen MR) is 72.1 cm³/mol. The van der Waals surface area contributed by atoms with E-state index in [0.717, 1.165) is 14.9 Å². The Bertz CT molecular complexity index is 551. The van der Waals surface area contributed by atoms with E-state index in [2.05, 4.69) is 36.8 Å². The van der Waals surface area contributed by atoms with Gasteiger partial charge in [-0.1, -0.05) is 0 Å². The summed E-state index contributed by atoms with van der Waals surface area (Å²) in [4.78, 5) is 17.3. The molecule has 0 aromatic carbocycles. The van der Waals surface area contributed by atoms with Gasteiger partial charge in [0.15, 0.2) is 0 Å². The first-order valence-corrected chi connectivity index (χ1v) is 6.96. The predicted octanol–water partition coefficient (Wildman–Crippen LogP) is 4.21. The van der Waals surface area contributed by atoms with Gasteiger partial charge in [0, 0.05) is 25.6 Å². The molecule has 0 aliphatic carbocycles. The summed E-state index contributed by atoms with van der Waals surface area (Å²) >= 11 is 8.22. The summed E-state index contributed by atoms with van der Waals surface area (Å²) in [6, 6.07) is 3.65. The molecular formula is C11H7Br2NOS. The average molecular weight is 361 g/mol. The largest absolute Gasteiger partial charge is 0.287 e. The highest BCUT2D eigenvalue weighted by molar-refractivity contribution is 9.11. The van der Waals surface area contributed by atoms with E-state index in [9.17, 15) is 4.79 Å². The minimum Gasteiger partial charge on any atom is -0.287 e. The maximum atomic E-state index is 12.2. The Kier molecular flexibility index (Phi) is 3.56. The number of ketones is 1. The van der Waals surface area contributed by atoms with Crippen LogP contribution in [0.15, 0.2) is 32.7 Å². The molecule has 2 aromatic rings. The molecule has 2 rings (SSSR count). The van der Waals surface area contributed by atoms with Gasteiger partial charge in [0.2, 0.25) is 5.78 Å². The molecule has 0 saturated heterocycles. The molecule has 0 fully saturated rings. The van der Waals surface area contributed by atoms with E-state index in [4.69, 9.17) is 0 Å². The first kappa shape index (κ1) is 12.0. The molecule has 0 unspecified atom stereocenters. The van der Waals surface area contributed by atoms with Crippen molar-refractivity contribution in [3.05, 3.63) is 48.8 Å². The normalized spacial score (nSPS) is 10.4. The van der Waals surface area contributed by atoms with Gasteiger partial charge in [-0.2, -0.15) is 0 Å². The fourth-order valence-corrected chi connectivity index (χ4v) is 3.19. The number of carbonyl (C=O) groups is 1. The molecule has 0 aliphatic rings. The van der Waals surface area contributed by atoms with E-state index >= 15 is 0 Å². The van der Waals surface area contributed by atoms with Crippen LogP contribution in [0.2, 0.25) is 0 Å². The maximum Gasteiger partial charge on any atom is 0.213 e. The molecule has 0 aliphatic heterocycles. The number of halogens is 2. The number of nitrogens with zero attached hydrogens (tertiary/aromatic N) is 1. The summed E-state index contributed by atoms with van der Waals surface area (Å²) in [5, 5.41) is 1.91. The third-order valence-corrected chi connectivity index (χ3v) is 4.01. The number of rotatable bonds is 2. The molecule has 0 atom stereocenters. The second kappa shape index (κ2) is 4.77. The van der Waals surface area contributed by atoms with Crippen molar-refractivity contribution in [1.29, 1.82) is 0 Å². The Hall–Kier alpha value is -0.520. The van der Waals surface area contributed by atoms with Gasteiger partial charge in [0.1, 0.15) is 5.69 Å². The van der Waals surface area contributed by atoms with Crippen molar-refractivity contribution in [2.75, 3.05) is 0 Å². The molecule has 82 valence electrons. The number of carbonyl (C=O) groups excluding carboxylic acids is 1. The highest BCUT2D eigenvalue weighted by Crippen LogP contribution is 2.24. The quantitative estimate of drug-likeness (QED) is 0.751. The molecule has 2 aromatic heterocycles. The van der Waals surface area contributed by atoms with Crippen molar-refractivity contribution in [1.82, 2.24) is 4.98 Å². The SMILES string of the molecule is Cc1sccc1C(=O)c1ncc(Br)cc1Br. The summed E-state index contributed by atoms with van der Waals surface area (Å²) in [5.74, 6) is -0.0434. The zero-order valence-electron chi connectivity index (χ0n) is 8.33. The lowest BCUT2D eigenvalue weighted by atomic mass is 10.1. The van der Waals surface area contributed by atoms with E-state index in [-0.39, 0.29) is 5.78 Å². The Morgan fingerprint density at radius 1 is 1.44 bits per heavy atom. The molecule has 0 bridgehead atoms. The van der Waals surface area contributed by atoms with Gasteiger partial charge in [-0.25, -0.2) is 0 Å². The van der Waals surface area contributed by atoms with Gasteiger partial charge in [-0.05, 0) is 56.3 Å². The van der Waals surface area contributed by atoms with Crippen molar-refractivity contribution in [2.45, 2.75) is 6.92 Å². The van der Waals surface area contributed by atoms with Crippen LogP contribution in [0.4, 0.5) is 0 Å². The van der Waals surface area contributed by atoms with E-state index in [1.165, 1.54) is 0 Å². The molecule has 16 heavy (non-hydrogen) atoms. The lowest BCUT2D eigenvalue weighted by molar-refractivity contribution is 0.103. The van der Waals surface area contributed by atoms with Gasteiger partial charge < -0.3 is 0 Å². The topological polar surface area (TPSA) is 30.0 Å². The zero-order valence-corrected chi connectivity index (χ0v) is 12.3. The molecular weight excluding hydrogens is 354 g/mol. The van der Waals surface area contributed by atoms with Gasteiger partial charge in [0.05, 0.1) is 0 Å². The van der Waals surface area contributed by atoms with Crippen LogP contribution in [0.5, 0.6) is 0 Å². The summed E-state index contributed by atoms with van der Waals surface area (Å²) in [6.45, 7) is 1.94. The summed E-state index contributed by atoms with van der Waals surface area (Å²) in [5.41, 5.74) is 1.17. The van der Waals surface area contributed by atoms with Crippen LogP contribution in [0, 0.1) is 6.92 Å². The average Bonchev–Trinajstić information content (AvgIpc) is 2.63. The van der Waals surface area contributed by atoms with Crippen molar-refractivity contribution in [3.63, 3.8) is 0 Å². The number of hydrogen-bond acceptors (Lipinski definition) is 3.